The van der Waals surface area contributed by atoms with Crippen molar-refractivity contribution in [1.29, 1.82) is 0 Å². The number of rotatable bonds is 5. The summed E-state index contributed by atoms with van der Waals surface area (Å²) < 4.78 is 44.9. The Kier molecular flexibility index (Phi) is 4.83. The van der Waals surface area contributed by atoms with Crippen molar-refractivity contribution in [2.75, 3.05) is 17.9 Å². The van der Waals surface area contributed by atoms with Crippen LogP contribution in [0.15, 0.2) is 88.3 Å². The summed E-state index contributed by atoms with van der Waals surface area (Å²) in [4.78, 5) is 4.43. The average Bonchev–Trinajstić information content (AvgIpc) is 3.30. The highest BCUT2D eigenvalue weighted by Crippen LogP contribution is 2.33. The Balaban J connectivity index is 1.35. The van der Waals surface area contributed by atoms with Gasteiger partial charge in [-0.3, -0.25) is 4.72 Å². The molecule has 4 aromatic rings. The van der Waals surface area contributed by atoms with E-state index < -0.39 is 10.0 Å². The number of oxazole rings is 1. The SMILES string of the molecule is O=S(=O)(Nc1ccc2c(c1)OCCO2)c1ccc(-c2ncc(-c3ccccc3)o2)cc1. The minimum Gasteiger partial charge on any atom is -0.486 e. The number of anilines is 1. The average molecular weight is 434 g/mol. The van der Waals surface area contributed by atoms with Gasteiger partial charge in [-0.15, -0.1) is 0 Å². The first kappa shape index (κ1) is 19.2. The molecule has 5 rings (SSSR count). The van der Waals surface area contributed by atoms with E-state index in [-0.39, 0.29) is 4.90 Å². The third-order valence-corrected chi connectivity index (χ3v) is 6.17. The lowest BCUT2D eigenvalue weighted by molar-refractivity contribution is 0.171. The molecule has 0 unspecified atom stereocenters. The maximum atomic E-state index is 12.8. The molecule has 0 spiro atoms. The highest BCUT2D eigenvalue weighted by molar-refractivity contribution is 7.92. The highest BCUT2D eigenvalue weighted by atomic mass is 32.2. The Morgan fingerprint density at radius 3 is 2.32 bits per heavy atom. The molecule has 1 aromatic heterocycles. The zero-order valence-corrected chi connectivity index (χ0v) is 17.1. The molecule has 1 N–H and O–H groups in total. The van der Waals surface area contributed by atoms with Crippen molar-refractivity contribution < 1.29 is 22.3 Å². The van der Waals surface area contributed by atoms with Crippen LogP contribution in [0.25, 0.3) is 22.8 Å². The molecule has 2 heterocycles. The van der Waals surface area contributed by atoms with E-state index >= 15 is 0 Å². The summed E-state index contributed by atoms with van der Waals surface area (Å²) >= 11 is 0. The Bertz CT molecular complexity index is 1320. The van der Waals surface area contributed by atoms with Gasteiger partial charge >= 0.3 is 0 Å². The normalized spacial score (nSPS) is 13.0. The second-order valence-corrected chi connectivity index (χ2v) is 8.57. The predicted molar refractivity (Wildman–Crippen MR) is 116 cm³/mol. The molecule has 0 atom stereocenters. The third-order valence-electron chi connectivity index (χ3n) is 4.77. The number of sulfonamides is 1. The predicted octanol–water partition coefficient (Wildman–Crippen LogP) is 4.58. The molecule has 0 amide bonds. The lowest BCUT2D eigenvalue weighted by atomic mass is 10.2. The van der Waals surface area contributed by atoms with Crippen molar-refractivity contribution in [3.05, 3.63) is 79.0 Å². The van der Waals surface area contributed by atoms with E-state index in [9.17, 15) is 8.42 Å². The van der Waals surface area contributed by atoms with Crippen molar-refractivity contribution >= 4 is 15.7 Å². The number of hydrogen-bond donors (Lipinski definition) is 1. The van der Waals surface area contributed by atoms with E-state index in [2.05, 4.69) is 9.71 Å². The van der Waals surface area contributed by atoms with Gasteiger partial charge in [-0.1, -0.05) is 30.3 Å². The number of aromatic nitrogens is 1. The van der Waals surface area contributed by atoms with E-state index in [1.54, 1.807) is 36.5 Å². The summed E-state index contributed by atoms with van der Waals surface area (Å²) in [7, 11) is -3.77. The molecule has 1 aliphatic rings. The van der Waals surface area contributed by atoms with Gasteiger partial charge in [-0.2, -0.15) is 0 Å². The molecule has 7 nitrogen and oxygen atoms in total. The van der Waals surface area contributed by atoms with E-state index in [4.69, 9.17) is 13.9 Å². The first-order valence-electron chi connectivity index (χ1n) is 9.63. The first-order valence-corrected chi connectivity index (χ1v) is 11.1. The standard InChI is InChI=1S/C23H18N2O5S/c26-31(27,25-18-8-11-20-21(14-18)29-13-12-28-20)19-9-6-17(7-10-19)23-24-15-22(30-23)16-4-2-1-3-5-16/h1-11,14-15,25H,12-13H2. The van der Waals surface area contributed by atoms with Gasteiger partial charge in [0.15, 0.2) is 17.3 Å². The minimum atomic E-state index is -3.77. The van der Waals surface area contributed by atoms with E-state index in [0.29, 0.717) is 47.6 Å². The molecule has 0 radical (unpaired) electrons. The van der Waals surface area contributed by atoms with Crippen LogP contribution in [0.4, 0.5) is 5.69 Å². The maximum absolute atomic E-state index is 12.8. The van der Waals surface area contributed by atoms with Gasteiger partial charge in [0.25, 0.3) is 10.0 Å². The van der Waals surface area contributed by atoms with Crippen LogP contribution in [0, 0.1) is 0 Å². The van der Waals surface area contributed by atoms with Crippen LogP contribution in [0.2, 0.25) is 0 Å². The number of hydrogen-bond acceptors (Lipinski definition) is 6. The van der Waals surface area contributed by atoms with Crippen LogP contribution in [0.5, 0.6) is 11.5 Å². The van der Waals surface area contributed by atoms with Gasteiger partial charge in [0.2, 0.25) is 5.89 Å². The van der Waals surface area contributed by atoms with Crippen molar-refractivity contribution in [1.82, 2.24) is 4.98 Å². The number of benzene rings is 3. The van der Waals surface area contributed by atoms with Gasteiger partial charge in [-0.25, -0.2) is 13.4 Å². The monoisotopic (exact) mass is 434 g/mol. The fraction of sp³-hybridized carbons (Fsp3) is 0.0870. The largest absolute Gasteiger partial charge is 0.486 e. The molecule has 0 saturated carbocycles. The molecule has 8 heteroatoms. The van der Waals surface area contributed by atoms with Crippen LogP contribution in [0.1, 0.15) is 0 Å². The van der Waals surface area contributed by atoms with Gasteiger partial charge in [0.1, 0.15) is 13.2 Å². The van der Waals surface area contributed by atoms with E-state index in [0.717, 1.165) is 5.56 Å². The smallest absolute Gasteiger partial charge is 0.261 e. The van der Waals surface area contributed by atoms with E-state index in [1.807, 2.05) is 30.3 Å². The van der Waals surface area contributed by atoms with Gasteiger partial charge in [0, 0.05) is 17.2 Å². The molecule has 0 aliphatic carbocycles. The molecular weight excluding hydrogens is 416 g/mol. The molecule has 0 fully saturated rings. The van der Waals surface area contributed by atoms with Crippen LogP contribution >= 0.6 is 0 Å². The number of nitrogens with zero attached hydrogens (tertiary/aromatic N) is 1. The van der Waals surface area contributed by atoms with Crippen molar-refractivity contribution in [3.8, 4) is 34.3 Å². The Morgan fingerprint density at radius 1 is 0.806 bits per heavy atom. The molecule has 0 saturated heterocycles. The minimum absolute atomic E-state index is 0.126. The number of ether oxygens (including phenoxy) is 2. The van der Waals surface area contributed by atoms with Crippen LogP contribution in [-0.2, 0) is 10.0 Å². The Hall–Kier alpha value is -3.78. The van der Waals surface area contributed by atoms with Crippen LogP contribution < -0.4 is 14.2 Å². The first-order chi connectivity index (χ1) is 15.1. The fourth-order valence-corrected chi connectivity index (χ4v) is 4.29. The summed E-state index contributed by atoms with van der Waals surface area (Å²) in [6, 6.07) is 20.9. The summed E-state index contributed by atoms with van der Waals surface area (Å²) in [6.07, 6.45) is 1.65. The molecule has 0 bridgehead atoms. The summed E-state index contributed by atoms with van der Waals surface area (Å²) in [5.74, 6) is 2.18. The molecule has 31 heavy (non-hydrogen) atoms. The molecule has 3 aromatic carbocycles. The van der Waals surface area contributed by atoms with Crippen molar-refractivity contribution in [2.45, 2.75) is 4.90 Å². The zero-order chi connectivity index (χ0) is 21.3. The lowest BCUT2D eigenvalue weighted by Crippen LogP contribution is -2.16. The Labute approximate surface area is 179 Å². The number of fused-ring (bicyclic) bond motifs is 1. The Morgan fingerprint density at radius 2 is 1.55 bits per heavy atom. The molecule has 156 valence electrons. The van der Waals surface area contributed by atoms with Crippen LogP contribution in [-0.4, -0.2) is 26.6 Å². The summed E-state index contributed by atoms with van der Waals surface area (Å²) in [5, 5.41) is 0. The van der Waals surface area contributed by atoms with Gasteiger partial charge in [0.05, 0.1) is 16.8 Å². The van der Waals surface area contributed by atoms with Gasteiger partial charge < -0.3 is 13.9 Å². The number of nitrogens with one attached hydrogen (secondary N) is 1. The van der Waals surface area contributed by atoms with Crippen molar-refractivity contribution in [2.24, 2.45) is 0 Å². The lowest BCUT2D eigenvalue weighted by Gasteiger charge is -2.19. The quantitative estimate of drug-likeness (QED) is 0.494. The summed E-state index contributed by atoms with van der Waals surface area (Å²) in [5.41, 5.74) is 2.00. The molecule has 1 aliphatic heterocycles. The second kappa shape index (κ2) is 7.81. The third kappa shape index (κ3) is 3.97. The van der Waals surface area contributed by atoms with Gasteiger partial charge in [-0.05, 0) is 36.4 Å². The maximum Gasteiger partial charge on any atom is 0.261 e. The summed E-state index contributed by atoms with van der Waals surface area (Å²) in [6.45, 7) is 0.902. The fourth-order valence-electron chi connectivity index (χ4n) is 3.24. The zero-order valence-electron chi connectivity index (χ0n) is 16.3. The topological polar surface area (TPSA) is 90.7 Å². The van der Waals surface area contributed by atoms with Crippen LogP contribution in [0.3, 0.4) is 0 Å². The van der Waals surface area contributed by atoms with Crippen molar-refractivity contribution in [3.63, 3.8) is 0 Å². The highest BCUT2D eigenvalue weighted by Gasteiger charge is 2.18. The second-order valence-electron chi connectivity index (χ2n) is 6.88. The molecular formula is C23H18N2O5S. The van der Waals surface area contributed by atoms with E-state index in [1.165, 1.54) is 12.1 Å².